The summed E-state index contributed by atoms with van der Waals surface area (Å²) in [5.74, 6) is -0.0646. The van der Waals surface area contributed by atoms with Gasteiger partial charge < -0.3 is 14.6 Å². The van der Waals surface area contributed by atoms with Crippen molar-refractivity contribution in [3.63, 3.8) is 0 Å². The van der Waals surface area contributed by atoms with Crippen LogP contribution in [0.5, 0.6) is 0 Å². The summed E-state index contributed by atoms with van der Waals surface area (Å²) >= 11 is 5.82. The van der Waals surface area contributed by atoms with Crippen LogP contribution in [0, 0.1) is 0 Å². The third-order valence-electron chi connectivity index (χ3n) is 2.89. The van der Waals surface area contributed by atoms with Gasteiger partial charge in [0.2, 0.25) is 5.22 Å². The van der Waals surface area contributed by atoms with E-state index >= 15 is 0 Å². The molecule has 0 bridgehead atoms. The van der Waals surface area contributed by atoms with E-state index < -0.39 is 0 Å². The first-order chi connectivity index (χ1) is 7.52. The van der Waals surface area contributed by atoms with Crippen LogP contribution in [-0.4, -0.2) is 36.0 Å². The maximum absolute atomic E-state index is 12.3. The van der Waals surface area contributed by atoms with Crippen molar-refractivity contribution < 1.29 is 9.21 Å². The van der Waals surface area contributed by atoms with Crippen LogP contribution in [0.2, 0.25) is 5.22 Å². The van der Waals surface area contributed by atoms with Gasteiger partial charge in [-0.25, -0.2) is 0 Å². The molecule has 1 saturated heterocycles. The second kappa shape index (κ2) is 4.11. The number of hydrogen-bond acceptors (Lipinski definition) is 3. The minimum atomic E-state index is -0.198. The second-order valence-corrected chi connectivity index (χ2v) is 4.90. The highest BCUT2D eigenvalue weighted by Crippen LogP contribution is 2.24. The largest absolute Gasteiger partial charge is 0.452 e. The smallest absolute Gasteiger partial charge is 0.259 e. The van der Waals surface area contributed by atoms with E-state index in [1.807, 2.05) is 18.7 Å². The van der Waals surface area contributed by atoms with Gasteiger partial charge in [0, 0.05) is 19.6 Å². The summed E-state index contributed by atoms with van der Waals surface area (Å²) < 4.78 is 4.95. The number of carbonyl (C=O) groups excluding carboxylic acids is 1. The van der Waals surface area contributed by atoms with Gasteiger partial charge in [-0.1, -0.05) is 0 Å². The third kappa shape index (κ3) is 1.95. The maximum Gasteiger partial charge on any atom is 0.259 e. The standard InChI is InChI=1S/C11H15ClN2O2/c1-11(2)7-13-4-5-14(11)10(15)8-3-6-16-9(8)12/h3,6,13H,4-5,7H2,1-2H3. The average molecular weight is 243 g/mol. The lowest BCUT2D eigenvalue weighted by Crippen LogP contribution is -2.59. The van der Waals surface area contributed by atoms with E-state index in [-0.39, 0.29) is 16.7 Å². The van der Waals surface area contributed by atoms with E-state index in [1.165, 1.54) is 6.26 Å². The van der Waals surface area contributed by atoms with E-state index in [0.717, 1.165) is 13.1 Å². The summed E-state index contributed by atoms with van der Waals surface area (Å²) in [5, 5.41) is 3.44. The van der Waals surface area contributed by atoms with E-state index in [1.54, 1.807) is 6.07 Å². The summed E-state index contributed by atoms with van der Waals surface area (Å²) in [7, 11) is 0. The van der Waals surface area contributed by atoms with Gasteiger partial charge in [-0.2, -0.15) is 0 Å². The predicted molar refractivity (Wildman–Crippen MR) is 61.7 cm³/mol. The first-order valence-corrected chi connectivity index (χ1v) is 5.66. The molecule has 5 heteroatoms. The topological polar surface area (TPSA) is 45.5 Å². The Morgan fingerprint density at radius 2 is 2.38 bits per heavy atom. The monoisotopic (exact) mass is 242 g/mol. The highest BCUT2D eigenvalue weighted by atomic mass is 35.5. The zero-order valence-electron chi connectivity index (χ0n) is 9.42. The highest BCUT2D eigenvalue weighted by molar-refractivity contribution is 6.32. The van der Waals surface area contributed by atoms with Crippen LogP contribution in [0.4, 0.5) is 0 Å². The first kappa shape index (κ1) is 11.5. The molecule has 0 aliphatic carbocycles. The zero-order valence-corrected chi connectivity index (χ0v) is 10.2. The third-order valence-corrected chi connectivity index (χ3v) is 3.19. The van der Waals surface area contributed by atoms with Crippen LogP contribution >= 0.6 is 11.6 Å². The molecule has 4 nitrogen and oxygen atoms in total. The summed E-state index contributed by atoms with van der Waals surface area (Å²) in [6.45, 7) is 6.35. The Labute approximate surface area is 99.5 Å². The molecule has 0 aromatic carbocycles. The van der Waals surface area contributed by atoms with Gasteiger partial charge in [0.15, 0.2) is 0 Å². The van der Waals surface area contributed by atoms with Crippen molar-refractivity contribution in [2.45, 2.75) is 19.4 Å². The molecule has 0 saturated carbocycles. The highest BCUT2D eigenvalue weighted by Gasteiger charge is 2.34. The minimum absolute atomic E-state index is 0.0646. The van der Waals surface area contributed by atoms with E-state index in [4.69, 9.17) is 16.0 Å². The second-order valence-electron chi connectivity index (χ2n) is 4.55. The molecule has 0 unspecified atom stereocenters. The molecule has 1 aliphatic rings. The molecule has 0 atom stereocenters. The first-order valence-electron chi connectivity index (χ1n) is 5.28. The number of amides is 1. The van der Waals surface area contributed by atoms with Crippen molar-refractivity contribution in [3.8, 4) is 0 Å². The number of furan rings is 1. The number of halogens is 1. The Bertz CT molecular complexity index is 400. The van der Waals surface area contributed by atoms with Crippen molar-refractivity contribution in [3.05, 3.63) is 23.1 Å². The fraction of sp³-hybridized carbons (Fsp3) is 0.545. The normalized spacial score (nSPS) is 19.8. The van der Waals surface area contributed by atoms with Gasteiger partial charge in [-0.3, -0.25) is 4.79 Å². The quantitative estimate of drug-likeness (QED) is 0.816. The zero-order chi connectivity index (χ0) is 11.8. The van der Waals surface area contributed by atoms with Crippen molar-refractivity contribution in [1.29, 1.82) is 0 Å². The minimum Gasteiger partial charge on any atom is -0.452 e. The molecule has 1 fully saturated rings. The van der Waals surface area contributed by atoms with Crippen LogP contribution in [0.3, 0.4) is 0 Å². The van der Waals surface area contributed by atoms with Crippen LogP contribution < -0.4 is 5.32 Å². The summed E-state index contributed by atoms with van der Waals surface area (Å²) in [4.78, 5) is 14.1. The van der Waals surface area contributed by atoms with Gasteiger partial charge in [0.25, 0.3) is 5.91 Å². The van der Waals surface area contributed by atoms with E-state index in [2.05, 4.69) is 5.32 Å². The van der Waals surface area contributed by atoms with Gasteiger partial charge >= 0.3 is 0 Å². The molecule has 0 spiro atoms. The Morgan fingerprint density at radius 1 is 1.62 bits per heavy atom. The predicted octanol–water partition coefficient (Wildman–Crippen LogP) is 1.76. The molecule has 1 N–H and O–H groups in total. The lowest BCUT2D eigenvalue weighted by molar-refractivity contribution is 0.0477. The maximum atomic E-state index is 12.3. The molecule has 0 radical (unpaired) electrons. The Morgan fingerprint density at radius 3 is 2.94 bits per heavy atom. The van der Waals surface area contributed by atoms with Gasteiger partial charge in [-0.05, 0) is 31.5 Å². The van der Waals surface area contributed by atoms with Crippen LogP contribution in [0.15, 0.2) is 16.7 Å². The molecule has 2 rings (SSSR count). The molecule has 1 aliphatic heterocycles. The number of piperazine rings is 1. The Hall–Kier alpha value is -1.00. The SMILES string of the molecule is CC1(C)CNCCN1C(=O)c1ccoc1Cl. The Kier molecular flexibility index (Phi) is 2.95. The van der Waals surface area contributed by atoms with Crippen molar-refractivity contribution >= 4 is 17.5 Å². The molecular weight excluding hydrogens is 228 g/mol. The number of hydrogen-bond donors (Lipinski definition) is 1. The Balaban J connectivity index is 2.24. The number of nitrogens with zero attached hydrogens (tertiary/aromatic N) is 1. The molecular formula is C11H15ClN2O2. The average Bonchev–Trinajstić information content (AvgIpc) is 2.63. The molecule has 16 heavy (non-hydrogen) atoms. The molecule has 88 valence electrons. The van der Waals surface area contributed by atoms with Crippen LogP contribution in [0.1, 0.15) is 24.2 Å². The lowest BCUT2D eigenvalue weighted by Gasteiger charge is -2.42. The van der Waals surface area contributed by atoms with Gasteiger partial charge in [-0.15, -0.1) is 0 Å². The molecule has 1 amide bonds. The summed E-state index contributed by atoms with van der Waals surface area (Å²) in [5.41, 5.74) is 0.243. The van der Waals surface area contributed by atoms with Crippen LogP contribution in [0.25, 0.3) is 0 Å². The summed E-state index contributed by atoms with van der Waals surface area (Å²) in [6.07, 6.45) is 1.44. The lowest BCUT2D eigenvalue weighted by atomic mass is 9.99. The van der Waals surface area contributed by atoms with E-state index in [9.17, 15) is 4.79 Å². The van der Waals surface area contributed by atoms with Crippen molar-refractivity contribution in [2.24, 2.45) is 0 Å². The van der Waals surface area contributed by atoms with Gasteiger partial charge in [0.05, 0.1) is 17.4 Å². The number of nitrogens with one attached hydrogen (secondary N) is 1. The molecule has 1 aromatic heterocycles. The van der Waals surface area contributed by atoms with E-state index in [0.29, 0.717) is 12.1 Å². The number of rotatable bonds is 1. The summed E-state index contributed by atoms with van der Waals surface area (Å²) in [6, 6.07) is 1.61. The molecule has 2 heterocycles. The fourth-order valence-electron chi connectivity index (χ4n) is 1.95. The van der Waals surface area contributed by atoms with Crippen molar-refractivity contribution in [1.82, 2.24) is 10.2 Å². The van der Waals surface area contributed by atoms with Gasteiger partial charge in [0.1, 0.15) is 0 Å². The van der Waals surface area contributed by atoms with Crippen molar-refractivity contribution in [2.75, 3.05) is 19.6 Å². The fourth-order valence-corrected chi connectivity index (χ4v) is 2.15. The number of carbonyl (C=O) groups is 1. The van der Waals surface area contributed by atoms with Crippen LogP contribution in [-0.2, 0) is 0 Å². The molecule has 1 aromatic rings.